The van der Waals surface area contributed by atoms with Gasteiger partial charge >= 0.3 is 0 Å². The summed E-state index contributed by atoms with van der Waals surface area (Å²) in [5.41, 5.74) is 0. The fourth-order valence-electron chi connectivity index (χ4n) is 3.01. The van der Waals surface area contributed by atoms with Crippen LogP contribution in [0.15, 0.2) is 0 Å². The van der Waals surface area contributed by atoms with Gasteiger partial charge in [0.15, 0.2) is 0 Å². The zero-order chi connectivity index (χ0) is 11.4. The van der Waals surface area contributed by atoms with Gasteiger partial charge in [0.1, 0.15) is 0 Å². The van der Waals surface area contributed by atoms with E-state index in [9.17, 15) is 4.79 Å². The highest BCUT2D eigenvalue weighted by molar-refractivity contribution is 5.76. The minimum atomic E-state index is 0.369. The molecule has 2 fully saturated rings. The predicted molar refractivity (Wildman–Crippen MR) is 65.2 cm³/mol. The standard InChI is InChI=1S/C13H24N2O/c1-2-11-6-5-8-14-12(11)10-15-9-4-3-7-13(15)16/h11-12,14H,2-10H2,1H3. The smallest absolute Gasteiger partial charge is 0.222 e. The number of nitrogens with zero attached hydrogens (tertiary/aromatic N) is 1. The average molecular weight is 224 g/mol. The van der Waals surface area contributed by atoms with E-state index in [-0.39, 0.29) is 0 Å². The van der Waals surface area contributed by atoms with E-state index >= 15 is 0 Å². The van der Waals surface area contributed by atoms with Crippen molar-refractivity contribution >= 4 is 5.91 Å². The highest BCUT2D eigenvalue weighted by atomic mass is 16.2. The number of carbonyl (C=O) groups is 1. The van der Waals surface area contributed by atoms with Crippen molar-refractivity contribution in [1.82, 2.24) is 10.2 Å². The van der Waals surface area contributed by atoms with Gasteiger partial charge in [-0.3, -0.25) is 4.79 Å². The summed E-state index contributed by atoms with van der Waals surface area (Å²) in [6, 6.07) is 0.542. The van der Waals surface area contributed by atoms with Crippen LogP contribution in [-0.4, -0.2) is 36.5 Å². The molecule has 1 amide bonds. The Kier molecular flexibility index (Phi) is 4.22. The largest absolute Gasteiger partial charge is 0.341 e. The maximum atomic E-state index is 11.8. The molecule has 3 heteroatoms. The molecule has 2 aliphatic heterocycles. The first-order valence-corrected chi connectivity index (χ1v) is 6.82. The molecule has 0 bridgehead atoms. The summed E-state index contributed by atoms with van der Waals surface area (Å²) in [5.74, 6) is 1.14. The van der Waals surface area contributed by atoms with Gasteiger partial charge < -0.3 is 10.2 Å². The van der Waals surface area contributed by atoms with Crippen LogP contribution in [0.5, 0.6) is 0 Å². The monoisotopic (exact) mass is 224 g/mol. The molecular formula is C13H24N2O. The van der Waals surface area contributed by atoms with E-state index in [0.717, 1.165) is 38.4 Å². The summed E-state index contributed by atoms with van der Waals surface area (Å²) < 4.78 is 0. The lowest BCUT2D eigenvalue weighted by atomic mass is 9.88. The second-order valence-electron chi connectivity index (χ2n) is 5.17. The average Bonchev–Trinajstić information content (AvgIpc) is 2.33. The van der Waals surface area contributed by atoms with Gasteiger partial charge in [0, 0.05) is 25.6 Å². The molecule has 0 aliphatic carbocycles. The molecule has 0 spiro atoms. The molecule has 2 unspecified atom stereocenters. The van der Waals surface area contributed by atoms with Crippen LogP contribution in [0.4, 0.5) is 0 Å². The van der Waals surface area contributed by atoms with E-state index in [1.807, 2.05) is 0 Å². The van der Waals surface area contributed by atoms with Gasteiger partial charge in [0.05, 0.1) is 0 Å². The summed E-state index contributed by atoms with van der Waals surface area (Å²) in [6.07, 6.45) is 6.91. The topological polar surface area (TPSA) is 32.3 Å². The molecule has 2 atom stereocenters. The molecule has 0 aromatic heterocycles. The molecule has 16 heavy (non-hydrogen) atoms. The van der Waals surface area contributed by atoms with Crippen LogP contribution < -0.4 is 5.32 Å². The first-order valence-electron chi connectivity index (χ1n) is 6.82. The van der Waals surface area contributed by atoms with Crippen LogP contribution in [-0.2, 0) is 4.79 Å². The first kappa shape index (κ1) is 11.9. The van der Waals surface area contributed by atoms with Crippen molar-refractivity contribution in [1.29, 1.82) is 0 Å². The van der Waals surface area contributed by atoms with E-state index in [0.29, 0.717) is 11.9 Å². The van der Waals surface area contributed by atoms with Gasteiger partial charge in [-0.25, -0.2) is 0 Å². The van der Waals surface area contributed by atoms with Crippen LogP contribution in [0, 0.1) is 5.92 Å². The number of nitrogens with one attached hydrogen (secondary N) is 1. The van der Waals surface area contributed by atoms with Crippen molar-refractivity contribution < 1.29 is 4.79 Å². The lowest BCUT2D eigenvalue weighted by Crippen LogP contribution is -2.51. The van der Waals surface area contributed by atoms with E-state index < -0.39 is 0 Å². The van der Waals surface area contributed by atoms with Crippen molar-refractivity contribution in [2.24, 2.45) is 5.92 Å². The number of hydrogen-bond donors (Lipinski definition) is 1. The van der Waals surface area contributed by atoms with Gasteiger partial charge in [0.25, 0.3) is 0 Å². The molecule has 2 rings (SSSR count). The Bertz CT molecular complexity index is 242. The summed E-state index contributed by atoms with van der Waals surface area (Å²) in [5, 5.41) is 3.59. The van der Waals surface area contributed by atoms with Crippen LogP contribution in [0.2, 0.25) is 0 Å². The van der Waals surface area contributed by atoms with Gasteiger partial charge in [-0.1, -0.05) is 13.3 Å². The molecule has 2 aliphatic rings. The lowest BCUT2D eigenvalue weighted by molar-refractivity contribution is -0.133. The predicted octanol–water partition coefficient (Wildman–Crippen LogP) is 1.78. The lowest BCUT2D eigenvalue weighted by Gasteiger charge is -2.37. The molecule has 0 radical (unpaired) electrons. The van der Waals surface area contributed by atoms with Gasteiger partial charge in [0.2, 0.25) is 5.91 Å². The van der Waals surface area contributed by atoms with E-state index in [1.165, 1.54) is 25.7 Å². The van der Waals surface area contributed by atoms with E-state index in [4.69, 9.17) is 0 Å². The highest BCUT2D eigenvalue weighted by Gasteiger charge is 2.27. The summed E-state index contributed by atoms with van der Waals surface area (Å²) >= 11 is 0. The van der Waals surface area contributed by atoms with Crippen molar-refractivity contribution in [2.75, 3.05) is 19.6 Å². The Balaban J connectivity index is 1.88. The molecule has 0 saturated carbocycles. The molecule has 0 aromatic rings. The van der Waals surface area contributed by atoms with E-state index in [1.54, 1.807) is 0 Å². The first-order chi connectivity index (χ1) is 7.81. The van der Waals surface area contributed by atoms with Crippen molar-refractivity contribution in [2.45, 2.75) is 51.5 Å². The number of hydrogen-bond acceptors (Lipinski definition) is 2. The number of piperidine rings is 2. The minimum absolute atomic E-state index is 0.369. The second kappa shape index (κ2) is 5.67. The van der Waals surface area contributed by atoms with Crippen LogP contribution >= 0.6 is 0 Å². The summed E-state index contributed by atoms with van der Waals surface area (Å²) in [7, 11) is 0. The Hall–Kier alpha value is -0.570. The fourth-order valence-corrected chi connectivity index (χ4v) is 3.01. The summed E-state index contributed by atoms with van der Waals surface area (Å²) in [6.45, 7) is 5.32. The molecule has 92 valence electrons. The van der Waals surface area contributed by atoms with Gasteiger partial charge in [-0.15, -0.1) is 0 Å². The zero-order valence-corrected chi connectivity index (χ0v) is 10.4. The maximum absolute atomic E-state index is 11.8. The Labute approximate surface area is 98.6 Å². The van der Waals surface area contributed by atoms with Gasteiger partial charge in [-0.05, 0) is 38.1 Å². The van der Waals surface area contributed by atoms with Gasteiger partial charge in [-0.2, -0.15) is 0 Å². The van der Waals surface area contributed by atoms with E-state index in [2.05, 4.69) is 17.1 Å². The van der Waals surface area contributed by atoms with Crippen LogP contribution in [0.25, 0.3) is 0 Å². The van der Waals surface area contributed by atoms with Crippen LogP contribution in [0.3, 0.4) is 0 Å². The number of carbonyl (C=O) groups excluding carboxylic acids is 1. The normalized spacial score (nSPS) is 31.8. The highest BCUT2D eigenvalue weighted by Crippen LogP contribution is 2.22. The quantitative estimate of drug-likeness (QED) is 0.792. The molecular weight excluding hydrogens is 200 g/mol. The number of rotatable bonds is 3. The number of likely N-dealkylation sites (tertiary alicyclic amines) is 1. The number of amides is 1. The third-order valence-electron chi connectivity index (χ3n) is 4.09. The molecule has 0 aromatic carbocycles. The van der Waals surface area contributed by atoms with Crippen molar-refractivity contribution in [3.8, 4) is 0 Å². The zero-order valence-electron chi connectivity index (χ0n) is 10.4. The van der Waals surface area contributed by atoms with Crippen LogP contribution in [0.1, 0.15) is 45.4 Å². The maximum Gasteiger partial charge on any atom is 0.222 e. The third kappa shape index (κ3) is 2.76. The SMILES string of the molecule is CCC1CCCNC1CN1CCCCC1=O. The fraction of sp³-hybridized carbons (Fsp3) is 0.923. The molecule has 3 nitrogen and oxygen atoms in total. The summed E-state index contributed by atoms with van der Waals surface area (Å²) in [4.78, 5) is 13.8. The molecule has 2 saturated heterocycles. The second-order valence-corrected chi connectivity index (χ2v) is 5.17. The molecule has 2 heterocycles. The molecule has 1 N–H and O–H groups in total. The Morgan fingerprint density at radius 2 is 2.25 bits per heavy atom. The van der Waals surface area contributed by atoms with Crippen molar-refractivity contribution in [3.63, 3.8) is 0 Å². The third-order valence-corrected chi connectivity index (χ3v) is 4.09. The Morgan fingerprint density at radius 1 is 1.38 bits per heavy atom. The Morgan fingerprint density at radius 3 is 3.00 bits per heavy atom. The minimum Gasteiger partial charge on any atom is -0.341 e. The van der Waals surface area contributed by atoms with Crippen molar-refractivity contribution in [3.05, 3.63) is 0 Å².